The molecule has 1 aliphatic heterocycles. The van der Waals surface area contributed by atoms with E-state index in [1.165, 1.54) is 10.5 Å². The number of thioether (sulfide) groups is 1. The summed E-state index contributed by atoms with van der Waals surface area (Å²) in [6, 6.07) is 6.27. The van der Waals surface area contributed by atoms with Crippen molar-refractivity contribution in [1.29, 1.82) is 0 Å². The highest BCUT2D eigenvalue weighted by atomic mass is 32.2. The molecule has 1 fully saturated rings. The van der Waals surface area contributed by atoms with Crippen LogP contribution in [0.15, 0.2) is 23.1 Å². The summed E-state index contributed by atoms with van der Waals surface area (Å²) in [6.07, 6.45) is 3.22. The van der Waals surface area contributed by atoms with E-state index in [2.05, 4.69) is 30.4 Å². The third-order valence-electron chi connectivity index (χ3n) is 3.72. The summed E-state index contributed by atoms with van der Waals surface area (Å²) < 4.78 is 5.26. The molecule has 0 unspecified atom stereocenters. The molecule has 0 bridgehead atoms. The summed E-state index contributed by atoms with van der Waals surface area (Å²) in [5.41, 5.74) is 7.75. The monoisotopic (exact) mass is 294 g/mol. The topological polar surface area (TPSA) is 64.4 Å². The van der Waals surface area contributed by atoms with Gasteiger partial charge in [0.25, 0.3) is 0 Å². The lowest BCUT2D eigenvalue weighted by atomic mass is 9.90. The summed E-state index contributed by atoms with van der Waals surface area (Å²) in [5, 5.41) is 2.97. The first-order chi connectivity index (χ1) is 9.55. The Bertz CT molecular complexity index is 485. The Labute approximate surface area is 124 Å². The molecule has 1 aromatic carbocycles. The van der Waals surface area contributed by atoms with Crippen LogP contribution < -0.4 is 11.1 Å². The summed E-state index contributed by atoms with van der Waals surface area (Å²) in [4.78, 5) is 13.5. The second kappa shape index (κ2) is 6.61. The van der Waals surface area contributed by atoms with Crippen molar-refractivity contribution in [3.8, 4) is 0 Å². The number of hydrogen-bond acceptors (Lipinski definition) is 4. The minimum Gasteiger partial charge on any atom is -0.381 e. The van der Waals surface area contributed by atoms with E-state index in [9.17, 15) is 4.79 Å². The molecular weight excluding hydrogens is 272 g/mol. The number of amides is 1. The van der Waals surface area contributed by atoms with Crippen molar-refractivity contribution in [2.24, 2.45) is 5.73 Å². The van der Waals surface area contributed by atoms with E-state index < -0.39 is 5.54 Å². The van der Waals surface area contributed by atoms with E-state index in [-0.39, 0.29) is 5.91 Å². The number of nitrogens with one attached hydrogen (secondary N) is 1. The van der Waals surface area contributed by atoms with Crippen molar-refractivity contribution in [2.75, 3.05) is 19.5 Å². The fourth-order valence-corrected chi connectivity index (χ4v) is 3.02. The number of benzene rings is 1. The fraction of sp³-hybridized carbons (Fsp3) is 0.533. The smallest absolute Gasteiger partial charge is 0.240 e. The molecule has 4 nitrogen and oxygen atoms in total. The zero-order chi connectivity index (χ0) is 14.6. The summed E-state index contributed by atoms with van der Waals surface area (Å²) in [6.45, 7) is 3.71. The molecule has 0 spiro atoms. The van der Waals surface area contributed by atoms with Gasteiger partial charge in [0.1, 0.15) is 0 Å². The molecule has 1 heterocycles. The highest BCUT2D eigenvalue weighted by Gasteiger charge is 2.35. The van der Waals surface area contributed by atoms with Crippen LogP contribution in [0, 0.1) is 6.92 Å². The second-order valence-corrected chi connectivity index (χ2v) is 6.11. The van der Waals surface area contributed by atoms with Gasteiger partial charge in [0, 0.05) is 24.7 Å². The third kappa shape index (κ3) is 3.53. The maximum Gasteiger partial charge on any atom is 0.240 e. The van der Waals surface area contributed by atoms with E-state index in [0.717, 1.165) is 5.56 Å². The van der Waals surface area contributed by atoms with Gasteiger partial charge in [-0.2, -0.15) is 0 Å². The van der Waals surface area contributed by atoms with Gasteiger partial charge >= 0.3 is 0 Å². The van der Waals surface area contributed by atoms with E-state index in [1.54, 1.807) is 11.8 Å². The predicted octanol–water partition coefficient (Wildman–Crippen LogP) is 1.84. The Hall–Kier alpha value is -1.04. The zero-order valence-corrected chi connectivity index (χ0v) is 12.9. The van der Waals surface area contributed by atoms with Gasteiger partial charge in [-0.15, -0.1) is 11.8 Å². The van der Waals surface area contributed by atoms with Crippen LogP contribution in [-0.2, 0) is 16.1 Å². The van der Waals surface area contributed by atoms with E-state index in [1.807, 2.05) is 6.26 Å². The molecule has 1 aromatic rings. The van der Waals surface area contributed by atoms with Crippen LogP contribution in [0.3, 0.4) is 0 Å². The molecule has 0 radical (unpaired) electrons. The minimum atomic E-state index is -0.775. The van der Waals surface area contributed by atoms with E-state index in [0.29, 0.717) is 32.6 Å². The molecule has 0 aromatic heterocycles. The highest BCUT2D eigenvalue weighted by molar-refractivity contribution is 7.98. The largest absolute Gasteiger partial charge is 0.381 e. The number of rotatable bonds is 4. The zero-order valence-electron chi connectivity index (χ0n) is 12.1. The predicted molar refractivity (Wildman–Crippen MR) is 81.8 cm³/mol. The van der Waals surface area contributed by atoms with Gasteiger partial charge in [-0.1, -0.05) is 12.1 Å². The van der Waals surface area contributed by atoms with Crippen LogP contribution >= 0.6 is 11.8 Å². The first-order valence-corrected chi connectivity index (χ1v) is 8.06. The number of aryl methyl sites for hydroxylation is 1. The van der Waals surface area contributed by atoms with Crippen LogP contribution in [0.25, 0.3) is 0 Å². The number of hydrogen-bond donors (Lipinski definition) is 2. The van der Waals surface area contributed by atoms with Crippen molar-refractivity contribution < 1.29 is 9.53 Å². The quantitative estimate of drug-likeness (QED) is 0.832. The highest BCUT2D eigenvalue weighted by Crippen LogP contribution is 2.22. The van der Waals surface area contributed by atoms with Gasteiger partial charge in [-0.05, 0) is 43.2 Å². The van der Waals surface area contributed by atoms with Crippen molar-refractivity contribution in [3.63, 3.8) is 0 Å². The van der Waals surface area contributed by atoms with Crippen LogP contribution in [0.5, 0.6) is 0 Å². The van der Waals surface area contributed by atoms with Crippen LogP contribution in [0.1, 0.15) is 24.0 Å². The number of nitrogens with two attached hydrogens (primary N) is 1. The standard InChI is InChI=1S/C15H22N2O2S/c1-11-3-4-12(13(9-11)20-2)10-17-14(18)15(16)5-7-19-8-6-15/h3-4,9H,5-8,10,16H2,1-2H3,(H,17,18). The average Bonchev–Trinajstić information content (AvgIpc) is 2.46. The number of carbonyl (C=O) groups is 1. The molecule has 20 heavy (non-hydrogen) atoms. The van der Waals surface area contributed by atoms with E-state index in [4.69, 9.17) is 10.5 Å². The molecule has 2 rings (SSSR count). The number of ether oxygens (including phenoxy) is 1. The summed E-state index contributed by atoms with van der Waals surface area (Å²) in [5.74, 6) is -0.0755. The Morgan fingerprint density at radius 1 is 1.45 bits per heavy atom. The first-order valence-electron chi connectivity index (χ1n) is 6.83. The van der Waals surface area contributed by atoms with Crippen LogP contribution in [0.2, 0.25) is 0 Å². The van der Waals surface area contributed by atoms with Crippen molar-refractivity contribution in [1.82, 2.24) is 5.32 Å². The molecule has 0 aliphatic carbocycles. The Kier molecular flexibility index (Phi) is 5.07. The SMILES string of the molecule is CSc1cc(C)ccc1CNC(=O)C1(N)CCOCC1. The maximum atomic E-state index is 12.3. The molecule has 5 heteroatoms. The van der Waals surface area contributed by atoms with E-state index >= 15 is 0 Å². The molecule has 0 atom stereocenters. The van der Waals surface area contributed by atoms with Gasteiger partial charge in [-0.3, -0.25) is 4.79 Å². The molecule has 1 saturated heterocycles. The van der Waals surface area contributed by atoms with Gasteiger partial charge in [0.2, 0.25) is 5.91 Å². The lowest BCUT2D eigenvalue weighted by molar-refractivity contribution is -0.129. The van der Waals surface area contributed by atoms with Crippen molar-refractivity contribution in [3.05, 3.63) is 29.3 Å². The van der Waals surface area contributed by atoms with Crippen molar-refractivity contribution in [2.45, 2.75) is 36.7 Å². The minimum absolute atomic E-state index is 0.0755. The normalized spacial score (nSPS) is 17.8. The van der Waals surface area contributed by atoms with Crippen LogP contribution in [0.4, 0.5) is 0 Å². The molecule has 110 valence electrons. The number of carbonyl (C=O) groups excluding carboxylic acids is 1. The molecule has 0 saturated carbocycles. The summed E-state index contributed by atoms with van der Waals surface area (Å²) >= 11 is 1.69. The van der Waals surface area contributed by atoms with Crippen LogP contribution in [-0.4, -0.2) is 30.9 Å². The molecule has 1 aliphatic rings. The first kappa shape index (κ1) is 15.4. The molecule has 1 amide bonds. The maximum absolute atomic E-state index is 12.3. The average molecular weight is 294 g/mol. The second-order valence-electron chi connectivity index (χ2n) is 5.27. The Morgan fingerprint density at radius 3 is 2.80 bits per heavy atom. The lowest BCUT2D eigenvalue weighted by Gasteiger charge is -2.31. The van der Waals surface area contributed by atoms with Gasteiger partial charge < -0.3 is 15.8 Å². The van der Waals surface area contributed by atoms with Crippen molar-refractivity contribution >= 4 is 17.7 Å². The third-order valence-corrected chi connectivity index (χ3v) is 4.54. The summed E-state index contributed by atoms with van der Waals surface area (Å²) in [7, 11) is 0. The molecule has 3 N–H and O–H groups in total. The Balaban J connectivity index is 1.99. The van der Waals surface area contributed by atoms with Gasteiger partial charge in [-0.25, -0.2) is 0 Å². The van der Waals surface area contributed by atoms with Gasteiger partial charge in [0.15, 0.2) is 0 Å². The Morgan fingerprint density at radius 2 is 2.15 bits per heavy atom. The molecular formula is C15H22N2O2S. The lowest BCUT2D eigenvalue weighted by Crippen LogP contribution is -2.56. The fourth-order valence-electron chi connectivity index (χ4n) is 2.31. The van der Waals surface area contributed by atoms with Gasteiger partial charge in [0.05, 0.1) is 5.54 Å².